The molecule has 0 bridgehead atoms. The van der Waals surface area contributed by atoms with Gasteiger partial charge in [-0.2, -0.15) is 0 Å². The van der Waals surface area contributed by atoms with Gasteiger partial charge in [-0.3, -0.25) is 4.79 Å². The summed E-state index contributed by atoms with van der Waals surface area (Å²) in [6.45, 7) is 4.39. The molecule has 0 heterocycles. The van der Waals surface area contributed by atoms with Crippen molar-refractivity contribution in [1.82, 2.24) is 5.32 Å². The lowest BCUT2D eigenvalue weighted by Gasteiger charge is -2.17. The molecule has 0 radical (unpaired) electrons. The van der Waals surface area contributed by atoms with Crippen molar-refractivity contribution in [3.8, 4) is 5.75 Å². The molecular weight excluding hydrogens is 266 g/mol. The van der Waals surface area contributed by atoms with Crippen molar-refractivity contribution in [2.24, 2.45) is 5.92 Å². The van der Waals surface area contributed by atoms with Gasteiger partial charge < -0.3 is 15.2 Å². The van der Waals surface area contributed by atoms with E-state index in [9.17, 15) is 4.79 Å². The van der Waals surface area contributed by atoms with E-state index in [1.165, 1.54) is 5.56 Å². The number of carbonyl (C=O) groups excluding carboxylic acids is 1. The molecule has 21 heavy (non-hydrogen) atoms. The lowest BCUT2D eigenvalue weighted by Crippen LogP contribution is -2.39. The first-order chi connectivity index (χ1) is 10.1. The minimum absolute atomic E-state index is 0.0240. The van der Waals surface area contributed by atoms with Crippen LogP contribution in [0.2, 0.25) is 0 Å². The second kappa shape index (κ2) is 7.46. The number of amides is 1. The highest BCUT2D eigenvalue weighted by Gasteiger charge is 2.31. The van der Waals surface area contributed by atoms with Crippen LogP contribution in [0.4, 0.5) is 0 Å². The van der Waals surface area contributed by atoms with Crippen molar-refractivity contribution >= 4 is 5.91 Å². The number of aliphatic hydroxyl groups is 1. The zero-order chi connectivity index (χ0) is 15.2. The molecular formula is C17H25NO3. The number of hydrogen-bond donors (Lipinski definition) is 2. The maximum Gasteiger partial charge on any atom is 0.258 e. The van der Waals surface area contributed by atoms with Crippen molar-refractivity contribution < 1.29 is 14.6 Å². The molecule has 2 rings (SSSR count). The van der Waals surface area contributed by atoms with Gasteiger partial charge in [0.1, 0.15) is 5.75 Å². The Hall–Kier alpha value is -1.55. The third kappa shape index (κ3) is 5.05. The summed E-state index contributed by atoms with van der Waals surface area (Å²) in [5.41, 5.74) is 1.20. The van der Waals surface area contributed by atoms with E-state index in [0.29, 0.717) is 18.3 Å². The third-order valence-corrected chi connectivity index (χ3v) is 3.87. The molecule has 1 fully saturated rings. The zero-order valence-electron chi connectivity index (χ0n) is 12.8. The Morgan fingerprint density at radius 2 is 2.19 bits per heavy atom. The number of rotatable bonds is 8. The molecule has 0 saturated heterocycles. The molecule has 1 aliphatic carbocycles. The van der Waals surface area contributed by atoms with Crippen LogP contribution in [-0.4, -0.2) is 30.3 Å². The van der Waals surface area contributed by atoms with Crippen molar-refractivity contribution in [3.05, 3.63) is 29.8 Å². The van der Waals surface area contributed by atoms with Gasteiger partial charge in [0.25, 0.3) is 5.91 Å². The van der Waals surface area contributed by atoms with Crippen LogP contribution in [0.3, 0.4) is 0 Å². The maximum absolute atomic E-state index is 11.9. The van der Waals surface area contributed by atoms with Crippen LogP contribution in [0.1, 0.15) is 44.6 Å². The predicted octanol–water partition coefficient (Wildman–Crippen LogP) is 2.47. The number of aliphatic hydroxyl groups excluding tert-OH is 1. The van der Waals surface area contributed by atoms with Gasteiger partial charge >= 0.3 is 0 Å². The molecule has 2 N–H and O–H groups in total. The van der Waals surface area contributed by atoms with Crippen LogP contribution in [0.15, 0.2) is 24.3 Å². The maximum atomic E-state index is 11.9. The summed E-state index contributed by atoms with van der Waals surface area (Å²) in [4.78, 5) is 11.9. The van der Waals surface area contributed by atoms with Gasteiger partial charge in [-0.15, -0.1) is 0 Å². The van der Waals surface area contributed by atoms with Crippen LogP contribution in [-0.2, 0) is 4.79 Å². The summed E-state index contributed by atoms with van der Waals surface area (Å²) < 4.78 is 5.56. The molecule has 0 aromatic heterocycles. The van der Waals surface area contributed by atoms with Crippen molar-refractivity contribution in [2.75, 3.05) is 13.2 Å². The van der Waals surface area contributed by atoms with E-state index in [1.54, 1.807) is 0 Å². The molecule has 116 valence electrons. The Morgan fingerprint density at radius 1 is 1.43 bits per heavy atom. The molecule has 0 aliphatic heterocycles. The van der Waals surface area contributed by atoms with Gasteiger partial charge in [0.05, 0.1) is 0 Å². The molecule has 4 nitrogen and oxygen atoms in total. The van der Waals surface area contributed by atoms with E-state index in [-0.39, 0.29) is 25.2 Å². The Balaban J connectivity index is 1.81. The average Bonchev–Trinajstić information content (AvgIpc) is 3.29. The largest absolute Gasteiger partial charge is 0.484 e. The van der Waals surface area contributed by atoms with E-state index in [2.05, 4.69) is 25.2 Å². The van der Waals surface area contributed by atoms with Crippen LogP contribution < -0.4 is 10.1 Å². The first-order valence-corrected chi connectivity index (χ1v) is 7.73. The first-order valence-electron chi connectivity index (χ1n) is 7.73. The lowest BCUT2D eigenvalue weighted by molar-refractivity contribution is -0.124. The fourth-order valence-corrected chi connectivity index (χ4v) is 2.42. The number of hydrogen-bond acceptors (Lipinski definition) is 3. The average molecular weight is 291 g/mol. The molecule has 1 aromatic carbocycles. The fourth-order valence-electron chi connectivity index (χ4n) is 2.42. The van der Waals surface area contributed by atoms with Crippen LogP contribution in [0.5, 0.6) is 5.75 Å². The lowest BCUT2D eigenvalue weighted by atomic mass is 10.0. The second-order valence-electron chi connectivity index (χ2n) is 6.04. The van der Waals surface area contributed by atoms with E-state index >= 15 is 0 Å². The van der Waals surface area contributed by atoms with Crippen LogP contribution in [0.25, 0.3) is 0 Å². The van der Waals surface area contributed by atoms with Gasteiger partial charge in [-0.25, -0.2) is 0 Å². The Labute approximate surface area is 126 Å². The van der Waals surface area contributed by atoms with Crippen LogP contribution >= 0.6 is 0 Å². The molecule has 1 aliphatic rings. The molecule has 1 unspecified atom stereocenters. The monoisotopic (exact) mass is 291 g/mol. The number of benzene rings is 1. The normalized spacial score (nSPS) is 15.8. The molecule has 1 aromatic rings. The standard InChI is InChI=1S/C17H25NO3/c1-12(2)14-4-3-5-15(10-14)21-11-17(20)18-16(8-9-19)13-6-7-13/h3-5,10,12-13,16,19H,6-9,11H2,1-2H3,(H,18,20). The van der Waals surface area contributed by atoms with Crippen molar-refractivity contribution in [2.45, 2.75) is 45.1 Å². The van der Waals surface area contributed by atoms with E-state index in [1.807, 2.05) is 18.2 Å². The third-order valence-electron chi connectivity index (χ3n) is 3.87. The summed E-state index contributed by atoms with van der Waals surface area (Å²) in [6.07, 6.45) is 2.91. The van der Waals surface area contributed by atoms with E-state index in [0.717, 1.165) is 18.6 Å². The predicted molar refractivity (Wildman–Crippen MR) is 82.4 cm³/mol. The molecule has 1 atom stereocenters. The topological polar surface area (TPSA) is 58.6 Å². The van der Waals surface area contributed by atoms with E-state index < -0.39 is 0 Å². The van der Waals surface area contributed by atoms with Gasteiger partial charge in [0, 0.05) is 12.6 Å². The summed E-state index contributed by atoms with van der Waals surface area (Å²) in [7, 11) is 0. The molecule has 1 saturated carbocycles. The highest BCUT2D eigenvalue weighted by atomic mass is 16.5. The summed E-state index contributed by atoms with van der Waals surface area (Å²) in [6, 6.07) is 7.94. The van der Waals surface area contributed by atoms with Gasteiger partial charge in [0.2, 0.25) is 0 Å². The highest BCUT2D eigenvalue weighted by molar-refractivity contribution is 5.77. The first kappa shape index (κ1) is 15.8. The van der Waals surface area contributed by atoms with Crippen LogP contribution in [0, 0.1) is 5.92 Å². The Morgan fingerprint density at radius 3 is 2.81 bits per heavy atom. The number of ether oxygens (including phenoxy) is 1. The quantitative estimate of drug-likeness (QED) is 0.773. The van der Waals surface area contributed by atoms with Gasteiger partial charge in [0.15, 0.2) is 6.61 Å². The second-order valence-corrected chi connectivity index (χ2v) is 6.04. The zero-order valence-corrected chi connectivity index (χ0v) is 12.8. The Bertz CT molecular complexity index is 469. The SMILES string of the molecule is CC(C)c1cccc(OCC(=O)NC(CCO)C2CC2)c1. The van der Waals surface area contributed by atoms with Gasteiger partial charge in [-0.1, -0.05) is 26.0 Å². The minimum atomic E-state index is -0.115. The summed E-state index contributed by atoms with van der Waals surface area (Å²) in [5.74, 6) is 1.58. The molecule has 0 spiro atoms. The summed E-state index contributed by atoms with van der Waals surface area (Å²) >= 11 is 0. The minimum Gasteiger partial charge on any atom is -0.484 e. The van der Waals surface area contributed by atoms with E-state index in [4.69, 9.17) is 9.84 Å². The highest BCUT2D eigenvalue weighted by Crippen LogP contribution is 2.33. The fraction of sp³-hybridized carbons (Fsp3) is 0.588. The van der Waals surface area contributed by atoms with Gasteiger partial charge in [-0.05, 0) is 48.8 Å². The number of nitrogens with one attached hydrogen (secondary N) is 1. The number of carbonyl (C=O) groups is 1. The van der Waals surface area contributed by atoms with Crippen molar-refractivity contribution in [1.29, 1.82) is 0 Å². The Kier molecular flexibility index (Phi) is 5.62. The molecule has 4 heteroatoms. The molecule has 1 amide bonds. The smallest absolute Gasteiger partial charge is 0.258 e. The van der Waals surface area contributed by atoms with Crippen molar-refractivity contribution in [3.63, 3.8) is 0 Å². The summed E-state index contributed by atoms with van der Waals surface area (Å²) in [5, 5.41) is 12.0.